The molecule has 1 saturated heterocycles. The molecular formula is C19H27N2OS+. The molecule has 124 valence electrons. The third kappa shape index (κ3) is 2.56. The van der Waals surface area contributed by atoms with Gasteiger partial charge in [0, 0.05) is 12.7 Å². The SMILES string of the molecule is CNc1cc(C)c(CC2(S3=C[N+]34CCC(=O)CC4)CC2)c(C)c1. The van der Waals surface area contributed by atoms with Crippen molar-refractivity contribution in [3.8, 4) is 0 Å². The summed E-state index contributed by atoms with van der Waals surface area (Å²) in [5.74, 6) is 0.469. The van der Waals surface area contributed by atoms with Gasteiger partial charge in [-0.25, -0.2) is 3.89 Å². The molecule has 23 heavy (non-hydrogen) atoms. The largest absolute Gasteiger partial charge is 0.388 e. The van der Waals surface area contributed by atoms with E-state index in [4.69, 9.17) is 0 Å². The fourth-order valence-corrected chi connectivity index (χ4v) is 7.21. The second kappa shape index (κ2) is 5.18. The standard InChI is InChI=1S/C19H27N2OS/c1-14-10-16(20-3)11-15(2)18(14)12-19(6-7-19)23-13-21(23)8-4-17(22)5-9-21/h10-11,13,20H,4-9,12H2,1-3H3/q+1. The highest BCUT2D eigenvalue weighted by Crippen LogP contribution is 2.65. The van der Waals surface area contributed by atoms with Crippen LogP contribution in [0.25, 0.3) is 0 Å². The molecule has 1 saturated carbocycles. The van der Waals surface area contributed by atoms with Crippen LogP contribution in [0.3, 0.4) is 0 Å². The minimum atomic E-state index is 0.396. The molecule has 0 radical (unpaired) electrons. The Bertz CT molecular complexity index is 685. The fraction of sp³-hybridized carbons (Fsp3) is 0.579. The Morgan fingerprint density at radius 1 is 1.17 bits per heavy atom. The van der Waals surface area contributed by atoms with Crippen LogP contribution in [0.1, 0.15) is 42.4 Å². The van der Waals surface area contributed by atoms with E-state index in [1.54, 1.807) is 5.56 Å². The van der Waals surface area contributed by atoms with E-state index in [1.807, 2.05) is 7.05 Å². The molecule has 3 nitrogen and oxygen atoms in total. The maximum absolute atomic E-state index is 11.6. The maximum Gasteiger partial charge on any atom is 0.184 e. The normalized spacial score (nSPS) is 26.7. The van der Waals surface area contributed by atoms with Crippen LogP contribution in [0.5, 0.6) is 0 Å². The first-order chi connectivity index (χ1) is 11.0. The monoisotopic (exact) mass is 331 g/mol. The third-order valence-corrected chi connectivity index (χ3v) is 8.99. The highest BCUT2D eigenvalue weighted by atomic mass is 32.2. The molecule has 4 heteroatoms. The van der Waals surface area contributed by atoms with Crippen LogP contribution in [-0.2, 0) is 11.2 Å². The van der Waals surface area contributed by atoms with Gasteiger partial charge in [0.25, 0.3) is 0 Å². The molecule has 1 N–H and O–H groups in total. The summed E-state index contributed by atoms with van der Waals surface area (Å²) in [6.07, 6.45) is 5.55. The summed E-state index contributed by atoms with van der Waals surface area (Å²) in [6, 6.07) is 4.56. The van der Waals surface area contributed by atoms with Gasteiger partial charge in [-0.1, -0.05) is 0 Å². The van der Waals surface area contributed by atoms with Crippen molar-refractivity contribution in [2.45, 2.75) is 50.7 Å². The Kier molecular flexibility index (Phi) is 3.47. The van der Waals surface area contributed by atoms with Crippen LogP contribution in [0.2, 0.25) is 0 Å². The molecule has 2 heterocycles. The highest BCUT2D eigenvalue weighted by Gasteiger charge is 2.63. The first-order valence-corrected chi connectivity index (χ1v) is 9.99. The summed E-state index contributed by atoms with van der Waals surface area (Å²) < 4.78 is 1.68. The lowest BCUT2D eigenvalue weighted by atomic mass is 9.97. The zero-order valence-corrected chi connectivity index (χ0v) is 15.3. The van der Waals surface area contributed by atoms with Gasteiger partial charge in [-0.2, -0.15) is 0 Å². The van der Waals surface area contributed by atoms with Gasteiger partial charge in [-0.15, -0.1) is 0 Å². The van der Waals surface area contributed by atoms with Crippen LogP contribution < -0.4 is 5.32 Å². The second-order valence-electron chi connectivity index (χ2n) is 7.56. The first kappa shape index (κ1) is 15.4. The first-order valence-electron chi connectivity index (χ1n) is 8.74. The topological polar surface area (TPSA) is 29.1 Å². The molecule has 0 bridgehead atoms. The van der Waals surface area contributed by atoms with Crippen molar-refractivity contribution in [3.63, 3.8) is 0 Å². The van der Waals surface area contributed by atoms with Crippen molar-refractivity contribution in [1.82, 2.24) is 0 Å². The van der Waals surface area contributed by atoms with Crippen LogP contribution in [0.15, 0.2) is 12.1 Å². The van der Waals surface area contributed by atoms with Gasteiger partial charge in [0.2, 0.25) is 0 Å². The van der Waals surface area contributed by atoms with Gasteiger partial charge < -0.3 is 5.32 Å². The quantitative estimate of drug-likeness (QED) is 0.675. The van der Waals surface area contributed by atoms with E-state index in [0.29, 0.717) is 21.2 Å². The average molecular weight is 332 g/mol. The number of hydrogen-bond donors (Lipinski definition) is 1. The molecule has 0 amide bonds. The number of aryl methyl sites for hydroxylation is 2. The predicted molar refractivity (Wildman–Crippen MR) is 99.0 cm³/mol. The zero-order chi connectivity index (χ0) is 16.2. The number of nitrogens with one attached hydrogen (secondary N) is 1. The maximum atomic E-state index is 11.6. The van der Waals surface area contributed by atoms with Gasteiger partial charge in [0.1, 0.15) is 18.9 Å². The molecule has 1 spiro atoms. The third-order valence-electron chi connectivity index (χ3n) is 5.91. The Hall–Kier alpha value is -1.13. The van der Waals surface area contributed by atoms with Gasteiger partial charge >= 0.3 is 0 Å². The Morgan fingerprint density at radius 2 is 1.78 bits per heavy atom. The number of Topliss-reactive ketones (excluding diaryl/α,β-unsaturated/α-hetero) is 1. The van der Waals surface area contributed by atoms with Gasteiger partial charge in [-0.3, -0.25) is 4.79 Å². The summed E-state index contributed by atoms with van der Waals surface area (Å²) >= 11 is 0. The summed E-state index contributed by atoms with van der Waals surface area (Å²) in [5, 5.41) is 3.26. The average Bonchev–Trinajstić information content (AvgIpc) is 3.43. The van der Waals surface area contributed by atoms with Gasteiger partial charge in [-0.05, 0) is 61.9 Å². The van der Waals surface area contributed by atoms with Crippen molar-refractivity contribution in [2.75, 3.05) is 25.5 Å². The van der Waals surface area contributed by atoms with E-state index in [9.17, 15) is 4.79 Å². The number of piperidine rings is 1. The molecule has 2 fully saturated rings. The van der Waals surface area contributed by atoms with Crippen molar-refractivity contribution < 1.29 is 8.68 Å². The zero-order valence-electron chi connectivity index (χ0n) is 14.4. The van der Waals surface area contributed by atoms with E-state index in [2.05, 4.69) is 36.8 Å². The summed E-state index contributed by atoms with van der Waals surface area (Å²) in [5.41, 5.74) is 8.19. The molecule has 1 unspecified atom stereocenters. The lowest BCUT2D eigenvalue weighted by molar-refractivity contribution is -0.667. The van der Waals surface area contributed by atoms with Crippen molar-refractivity contribution in [1.29, 1.82) is 0 Å². The highest BCUT2D eigenvalue weighted by molar-refractivity contribution is 8.17. The molecule has 1 aromatic rings. The minimum absolute atomic E-state index is 0.396. The molecule has 3 aliphatic rings. The molecule has 1 atom stereocenters. The number of carbonyl (C=O) groups excluding carboxylic acids is 1. The molecule has 1 aliphatic carbocycles. The van der Waals surface area contributed by atoms with Crippen molar-refractivity contribution in [3.05, 3.63) is 28.8 Å². The second-order valence-corrected chi connectivity index (χ2v) is 9.99. The van der Waals surface area contributed by atoms with Crippen molar-refractivity contribution >= 4 is 27.6 Å². The van der Waals surface area contributed by atoms with E-state index >= 15 is 0 Å². The number of benzene rings is 1. The van der Waals surface area contributed by atoms with E-state index in [1.165, 1.54) is 40.0 Å². The number of hydrogen-bond acceptors (Lipinski definition) is 2. The molecule has 0 aromatic heterocycles. The number of ketones is 1. The number of anilines is 1. The van der Waals surface area contributed by atoms with Gasteiger partial charge in [0.15, 0.2) is 5.49 Å². The number of carbonyl (C=O) groups is 1. The van der Waals surface area contributed by atoms with Crippen molar-refractivity contribution in [2.24, 2.45) is 0 Å². The minimum Gasteiger partial charge on any atom is -0.388 e. The Labute approximate surface area is 141 Å². The number of nitrogens with zero attached hydrogens (tertiary/aromatic N) is 1. The summed E-state index contributed by atoms with van der Waals surface area (Å²) in [4.78, 5) is 11.6. The molecule has 1 aromatic carbocycles. The fourth-order valence-electron chi connectivity index (χ4n) is 4.17. The van der Waals surface area contributed by atoms with Crippen LogP contribution in [0.4, 0.5) is 5.69 Å². The van der Waals surface area contributed by atoms with Gasteiger partial charge in [0.05, 0.1) is 28.3 Å². The number of rotatable bonds is 4. The van der Waals surface area contributed by atoms with E-state index in [-0.39, 0.29) is 0 Å². The predicted octanol–water partition coefficient (Wildman–Crippen LogP) is 3.56. The smallest absolute Gasteiger partial charge is 0.184 e. The Morgan fingerprint density at radius 3 is 2.30 bits per heavy atom. The lowest BCUT2D eigenvalue weighted by Crippen LogP contribution is -2.38. The van der Waals surface area contributed by atoms with Crippen LogP contribution >= 0.6 is 10.7 Å². The summed E-state index contributed by atoms with van der Waals surface area (Å²) in [7, 11) is 2.38. The lowest BCUT2D eigenvalue weighted by Gasteiger charge is -2.27. The van der Waals surface area contributed by atoms with Crippen LogP contribution in [0, 0.1) is 13.8 Å². The molecule has 2 aliphatic heterocycles. The van der Waals surface area contributed by atoms with E-state index < -0.39 is 0 Å². The molecular weight excluding hydrogens is 304 g/mol. The number of quaternary nitrogens is 1. The molecule has 4 rings (SSSR count). The summed E-state index contributed by atoms with van der Waals surface area (Å²) in [6.45, 7) is 6.65. The van der Waals surface area contributed by atoms with E-state index in [0.717, 1.165) is 25.9 Å². The Balaban J connectivity index is 1.54. The van der Waals surface area contributed by atoms with Crippen LogP contribution in [-0.4, -0.2) is 40.0 Å².